The molecule has 0 N–H and O–H groups in total. The maximum Gasteiger partial charge on any atom is 0.341 e. The van der Waals surface area contributed by atoms with Gasteiger partial charge < -0.3 is 47.4 Å². The fourth-order valence-corrected chi connectivity index (χ4v) is 5.56. The lowest BCUT2D eigenvalue weighted by atomic mass is 10.1. The summed E-state index contributed by atoms with van der Waals surface area (Å²) in [7, 11) is 8.37. The van der Waals surface area contributed by atoms with Crippen LogP contribution in [0.15, 0.2) is 48.3 Å². The number of allylic oxidation sites excluding steroid dienone is 1. The summed E-state index contributed by atoms with van der Waals surface area (Å²) in [5, 5.41) is 0. The average Bonchev–Trinajstić information content (AvgIpc) is 3.89. The van der Waals surface area contributed by atoms with E-state index in [9.17, 15) is 4.79 Å². The standard InChI is InChI=1S/C9H8O3.C8H16O2.C7H15NO2.C7H10O3.C6H12O.CH4/c1-11-9-7-5-3-2-4-6(7)8(10)12-9;1-8(2)5-4-7(10-8)6-9-3;1-9-5-2-8-3-6-10-7-4-8;1-5-7(4-8-3)10-6(2)9-5;1-7-6-4-2-3-5-6;/h2-5,9H,1H3;7H,4-6H2,1-3H3;2-7H2,1H3;2,4H2,1,3H3;6H,2-5H2,1H3;1H4. The van der Waals surface area contributed by atoms with E-state index in [-0.39, 0.29) is 19.0 Å². The summed E-state index contributed by atoms with van der Waals surface area (Å²) in [6, 6.07) is 7.22. The second-order valence-corrected chi connectivity index (χ2v) is 12.6. The zero-order valence-corrected chi connectivity index (χ0v) is 31.1. The van der Waals surface area contributed by atoms with Crippen molar-refractivity contribution >= 4 is 5.97 Å². The van der Waals surface area contributed by atoms with Gasteiger partial charge in [-0.25, -0.2) is 4.79 Å². The molecule has 1 aromatic rings. The van der Waals surface area contributed by atoms with Gasteiger partial charge in [0.25, 0.3) is 5.95 Å². The number of methoxy groups -OCH3 is 5. The highest BCUT2D eigenvalue weighted by molar-refractivity contribution is 5.93. The molecule has 2 unspecified atom stereocenters. The van der Waals surface area contributed by atoms with Crippen LogP contribution in [-0.2, 0) is 47.4 Å². The zero-order chi connectivity index (χ0) is 36.1. The van der Waals surface area contributed by atoms with Crippen LogP contribution in [0.3, 0.4) is 0 Å². The first-order valence-electron chi connectivity index (χ1n) is 17.1. The van der Waals surface area contributed by atoms with Gasteiger partial charge >= 0.3 is 5.97 Å². The third-order valence-corrected chi connectivity index (χ3v) is 8.29. The Bertz CT molecular complexity index is 1110. The first-order chi connectivity index (χ1) is 23.6. The van der Waals surface area contributed by atoms with Crippen LogP contribution in [-0.4, -0.2) is 117 Å². The van der Waals surface area contributed by atoms with Gasteiger partial charge in [-0.15, -0.1) is 0 Å². The van der Waals surface area contributed by atoms with Crippen LogP contribution in [0.25, 0.3) is 0 Å². The Morgan fingerprint density at radius 2 is 1.60 bits per heavy atom. The van der Waals surface area contributed by atoms with Gasteiger partial charge in [-0.3, -0.25) is 4.90 Å². The Kier molecular flexibility index (Phi) is 23.1. The van der Waals surface area contributed by atoms with Crippen molar-refractivity contribution in [3.8, 4) is 0 Å². The van der Waals surface area contributed by atoms with Gasteiger partial charge in [0.05, 0.1) is 49.8 Å². The van der Waals surface area contributed by atoms with Gasteiger partial charge in [0.1, 0.15) is 12.4 Å². The number of hydrogen-bond donors (Lipinski definition) is 0. The first-order valence-corrected chi connectivity index (χ1v) is 17.1. The van der Waals surface area contributed by atoms with Gasteiger partial charge in [-0.2, -0.15) is 0 Å². The molecule has 0 radical (unpaired) electrons. The Hall–Kier alpha value is -2.55. The number of cyclic esters (lactones) is 1. The van der Waals surface area contributed by atoms with E-state index in [0.717, 1.165) is 70.2 Å². The van der Waals surface area contributed by atoms with Crippen molar-refractivity contribution in [2.45, 2.75) is 90.8 Å². The molecular formula is C38H65NO11. The van der Waals surface area contributed by atoms with Crippen molar-refractivity contribution < 1.29 is 52.2 Å². The second-order valence-electron chi connectivity index (χ2n) is 12.6. The average molecular weight is 712 g/mol. The van der Waals surface area contributed by atoms with Crippen LogP contribution in [0.2, 0.25) is 0 Å². The van der Waals surface area contributed by atoms with Crippen LogP contribution in [0.4, 0.5) is 0 Å². The number of rotatable bonds is 9. The molecule has 50 heavy (non-hydrogen) atoms. The molecule has 12 nitrogen and oxygen atoms in total. The Morgan fingerprint density at radius 1 is 0.920 bits per heavy atom. The predicted octanol–water partition coefficient (Wildman–Crippen LogP) is 6.65. The molecule has 0 spiro atoms. The predicted molar refractivity (Wildman–Crippen MR) is 193 cm³/mol. The number of morpholine rings is 1. The third kappa shape index (κ3) is 17.1. The molecule has 1 saturated carbocycles. The van der Waals surface area contributed by atoms with Crippen LogP contribution in [0, 0.1) is 0 Å². The number of ether oxygens (including phenoxy) is 10. The van der Waals surface area contributed by atoms with Crippen molar-refractivity contribution in [1.82, 2.24) is 4.90 Å². The molecule has 2 saturated heterocycles. The molecule has 3 fully saturated rings. The van der Waals surface area contributed by atoms with Crippen molar-refractivity contribution in [3.63, 3.8) is 0 Å². The molecule has 0 amide bonds. The smallest absolute Gasteiger partial charge is 0.341 e. The summed E-state index contributed by atoms with van der Waals surface area (Å²) >= 11 is 0. The van der Waals surface area contributed by atoms with Crippen LogP contribution in [0.1, 0.15) is 88.9 Å². The fraction of sp³-hybridized carbons (Fsp3) is 0.711. The lowest BCUT2D eigenvalue weighted by Crippen LogP contribution is -2.38. The van der Waals surface area contributed by atoms with Crippen LogP contribution in [0.5, 0.6) is 0 Å². The van der Waals surface area contributed by atoms with E-state index in [2.05, 4.69) is 25.3 Å². The van der Waals surface area contributed by atoms with Crippen molar-refractivity contribution in [1.29, 1.82) is 0 Å². The van der Waals surface area contributed by atoms with E-state index < -0.39 is 6.29 Å². The monoisotopic (exact) mass is 711 g/mol. The van der Waals surface area contributed by atoms with E-state index in [1.807, 2.05) is 19.1 Å². The lowest BCUT2D eigenvalue weighted by molar-refractivity contribution is -0.0816. The number of fused-ring (bicyclic) bond motifs is 1. The molecule has 5 aliphatic rings. The summed E-state index contributed by atoms with van der Waals surface area (Å²) in [6.07, 6.45) is 8.03. The zero-order valence-electron chi connectivity index (χ0n) is 31.1. The summed E-state index contributed by atoms with van der Waals surface area (Å²) in [5.41, 5.74) is 1.50. The topological polar surface area (TPSA) is 113 Å². The van der Waals surface area contributed by atoms with Crippen molar-refractivity contribution in [3.05, 3.63) is 59.4 Å². The van der Waals surface area contributed by atoms with E-state index in [4.69, 9.17) is 47.4 Å². The Morgan fingerprint density at radius 3 is 2.10 bits per heavy atom. The second kappa shape index (κ2) is 25.4. The number of hydrogen-bond acceptors (Lipinski definition) is 12. The molecule has 4 heterocycles. The first kappa shape index (κ1) is 45.5. The van der Waals surface area contributed by atoms with E-state index in [1.54, 1.807) is 40.6 Å². The van der Waals surface area contributed by atoms with Gasteiger partial charge in [0.2, 0.25) is 6.29 Å². The summed E-state index contributed by atoms with van der Waals surface area (Å²) < 4.78 is 50.7. The Labute approximate surface area is 301 Å². The summed E-state index contributed by atoms with van der Waals surface area (Å²) in [5.74, 6) is 1.45. The molecule has 1 aromatic carbocycles. The number of esters is 1. The van der Waals surface area contributed by atoms with Gasteiger partial charge in [-0.1, -0.05) is 38.5 Å². The molecule has 1 aliphatic carbocycles. The highest BCUT2D eigenvalue weighted by Crippen LogP contribution is 2.30. The number of benzene rings is 1. The maximum absolute atomic E-state index is 11.1. The Balaban J connectivity index is 0.000000314. The minimum Gasteiger partial charge on any atom is -0.428 e. The molecular weight excluding hydrogens is 646 g/mol. The van der Waals surface area contributed by atoms with Crippen molar-refractivity contribution in [2.24, 2.45) is 0 Å². The summed E-state index contributed by atoms with van der Waals surface area (Å²) in [4.78, 5) is 13.5. The van der Waals surface area contributed by atoms with E-state index >= 15 is 0 Å². The minimum absolute atomic E-state index is 0. The quantitative estimate of drug-likeness (QED) is 0.256. The molecule has 6 rings (SSSR count). The highest BCUT2D eigenvalue weighted by atomic mass is 16.7. The number of carbonyl (C=O) groups excluding carboxylic acids is 1. The van der Waals surface area contributed by atoms with Crippen LogP contribution < -0.4 is 0 Å². The molecule has 288 valence electrons. The number of nitrogens with zero attached hydrogens (tertiary/aromatic N) is 1. The lowest BCUT2D eigenvalue weighted by Gasteiger charge is -2.25. The highest BCUT2D eigenvalue weighted by Gasteiger charge is 2.31. The van der Waals surface area contributed by atoms with E-state index in [1.165, 1.54) is 32.8 Å². The van der Waals surface area contributed by atoms with Crippen LogP contribution >= 0.6 is 0 Å². The van der Waals surface area contributed by atoms with Gasteiger partial charge in [-0.05, 0) is 59.1 Å². The minimum atomic E-state index is -0.520. The van der Waals surface area contributed by atoms with E-state index in [0.29, 0.717) is 36.1 Å². The molecule has 2 atom stereocenters. The molecule has 12 heteroatoms. The largest absolute Gasteiger partial charge is 0.428 e. The molecule has 4 aliphatic heterocycles. The third-order valence-electron chi connectivity index (χ3n) is 8.29. The number of carbonyl (C=O) groups is 1. The SMILES string of the molecule is C.C=C1OC(C)=C(COC)O1.COC1CCCC1.COC1OC(=O)c2ccccc21.COCC1CCC(C)(C)O1.COCCN1CCOCC1. The molecule has 0 aromatic heterocycles. The van der Waals surface area contributed by atoms with Crippen molar-refractivity contribution in [2.75, 3.05) is 88.2 Å². The molecule has 0 bridgehead atoms. The van der Waals surface area contributed by atoms with Gasteiger partial charge in [0.15, 0.2) is 5.76 Å². The maximum atomic E-state index is 11.1. The summed E-state index contributed by atoms with van der Waals surface area (Å²) in [6.45, 7) is 16.5. The fourth-order valence-electron chi connectivity index (χ4n) is 5.56. The normalized spacial score (nSPS) is 22.1. The van der Waals surface area contributed by atoms with Gasteiger partial charge in [0, 0.05) is 60.7 Å².